The lowest BCUT2D eigenvalue weighted by Crippen LogP contribution is -2.33. The van der Waals surface area contributed by atoms with Gasteiger partial charge in [0.25, 0.3) is 5.56 Å². The summed E-state index contributed by atoms with van der Waals surface area (Å²) in [5, 5.41) is 11.8. The first kappa shape index (κ1) is 17.1. The summed E-state index contributed by atoms with van der Waals surface area (Å²) < 4.78 is 8.74. The molecule has 0 fully saturated rings. The van der Waals surface area contributed by atoms with E-state index >= 15 is 0 Å². The molecule has 0 spiro atoms. The van der Waals surface area contributed by atoms with Crippen LogP contribution in [0.25, 0.3) is 27.7 Å². The number of hydrogen-bond donors (Lipinski definition) is 1. The number of benzene rings is 1. The zero-order valence-electron chi connectivity index (χ0n) is 15.3. The molecule has 0 bridgehead atoms. The molecule has 9 nitrogen and oxygen atoms in total. The Bertz CT molecular complexity index is 1410. The number of carbonyl (C=O) groups excluding carboxylic acids is 1. The number of amides is 1. The van der Waals surface area contributed by atoms with Gasteiger partial charge in [-0.2, -0.15) is 0 Å². The van der Waals surface area contributed by atoms with Crippen LogP contribution in [0.2, 0.25) is 0 Å². The molecule has 144 valence electrons. The van der Waals surface area contributed by atoms with Gasteiger partial charge in [0, 0.05) is 24.5 Å². The number of carbonyl (C=O) groups is 1. The monoisotopic (exact) mass is 388 g/mol. The maximum Gasteiger partial charge on any atom is 0.297 e. The Labute approximate surface area is 163 Å². The minimum absolute atomic E-state index is 0.139. The van der Waals surface area contributed by atoms with Crippen molar-refractivity contribution in [1.29, 1.82) is 0 Å². The van der Waals surface area contributed by atoms with E-state index in [1.807, 2.05) is 47.0 Å². The fraction of sp³-hybridized carbons (Fsp3) is 0.150. The van der Waals surface area contributed by atoms with Gasteiger partial charge in [-0.15, -0.1) is 10.2 Å². The highest BCUT2D eigenvalue weighted by molar-refractivity contribution is 6.01. The molecule has 0 saturated heterocycles. The molecule has 4 aromatic heterocycles. The summed E-state index contributed by atoms with van der Waals surface area (Å²) in [5.41, 5.74) is 1.61. The second-order valence-electron chi connectivity index (χ2n) is 6.60. The number of rotatable bonds is 5. The molecule has 1 amide bonds. The van der Waals surface area contributed by atoms with E-state index in [0.29, 0.717) is 24.1 Å². The molecule has 5 rings (SSSR count). The smallest absolute Gasteiger partial charge is 0.297 e. The average molecular weight is 388 g/mol. The Hall–Kier alpha value is -4.01. The molecule has 5 aromatic rings. The SMILES string of the molecule is O=C(Cn1cnc2c(oc3ccccc32)c1=O)NCCc1nnc2ccccn12. The minimum Gasteiger partial charge on any atom is -0.448 e. The quantitative estimate of drug-likeness (QED) is 0.489. The topological polar surface area (TPSA) is 107 Å². The summed E-state index contributed by atoms with van der Waals surface area (Å²) >= 11 is 0. The van der Waals surface area contributed by atoms with Crippen LogP contribution in [0, 0.1) is 0 Å². The van der Waals surface area contributed by atoms with Gasteiger partial charge in [0.05, 0.1) is 6.33 Å². The van der Waals surface area contributed by atoms with Crippen molar-refractivity contribution in [2.45, 2.75) is 13.0 Å². The van der Waals surface area contributed by atoms with Gasteiger partial charge in [-0.1, -0.05) is 18.2 Å². The van der Waals surface area contributed by atoms with E-state index in [9.17, 15) is 9.59 Å². The predicted octanol–water partition coefficient (Wildman–Crippen LogP) is 1.54. The van der Waals surface area contributed by atoms with Gasteiger partial charge in [0.1, 0.15) is 23.5 Å². The summed E-state index contributed by atoms with van der Waals surface area (Å²) in [6.07, 6.45) is 3.77. The number of pyridine rings is 1. The van der Waals surface area contributed by atoms with Gasteiger partial charge in [0.15, 0.2) is 5.65 Å². The maximum absolute atomic E-state index is 12.7. The number of nitrogens with zero attached hydrogens (tertiary/aromatic N) is 5. The molecule has 0 atom stereocenters. The zero-order chi connectivity index (χ0) is 19.8. The second-order valence-corrected chi connectivity index (χ2v) is 6.60. The van der Waals surface area contributed by atoms with Crippen LogP contribution in [0.15, 0.2) is 64.2 Å². The molecule has 1 aromatic carbocycles. The van der Waals surface area contributed by atoms with Crippen LogP contribution in [0.1, 0.15) is 5.82 Å². The van der Waals surface area contributed by atoms with Crippen molar-refractivity contribution in [2.24, 2.45) is 0 Å². The summed E-state index contributed by atoms with van der Waals surface area (Å²) in [7, 11) is 0. The standard InChI is InChI=1S/C20H16N6O3/c27-17(21-9-8-16-24-23-15-7-3-4-10-26(15)16)11-25-12-22-18-13-5-1-2-6-14(13)29-19(18)20(25)28/h1-7,10,12H,8-9,11H2,(H,21,27). The Morgan fingerprint density at radius 2 is 1.97 bits per heavy atom. The van der Waals surface area contributed by atoms with Crippen molar-refractivity contribution in [3.8, 4) is 0 Å². The Morgan fingerprint density at radius 3 is 2.90 bits per heavy atom. The normalized spacial score (nSPS) is 11.4. The second kappa shape index (κ2) is 6.86. The van der Waals surface area contributed by atoms with E-state index in [1.165, 1.54) is 10.9 Å². The van der Waals surface area contributed by atoms with Crippen molar-refractivity contribution in [2.75, 3.05) is 6.54 Å². The van der Waals surface area contributed by atoms with E-state index in [4.69, 9.17) is 4.42 Å². The minimum atomic E-state index is -0.384. The molecule has 4 heterocycles. The van der Waals surface area contributed by atoms with Gasteiger partial charge in [-0.3, -0.25) is 18.6 Å². The predicted molar refractivity (Wildman–Crippen MR) is 105 cm³/mol. The number of fused-ring (bicyclic) bond motifs is 4. The number of para-hydroxylation sites is 1. The Balaban J connectivity index is 1.29. The molecule has 9 heteroatoms. The van der Waals surface area contributed by atoms with Crippen molar-refractivity contribution in [1.82, 2.24) is 29.5 Å². The first-order valence-corrected chi connectivity index (χ1v) is 9.13. The van der Waals surface area contributed by atoms with E-state index < -0.39 is 0 Å². The van der Waals surface area contributed by atoms with Gasteiger partial charge < -0.3 is 9.73 Å². The van der Waals surface area contributed by atoms with Gasteiger partial charge >= 0.3 is 0 Å². The van der Waals surface area contributed by atoms with Crippen LogP contribution in [0.4, 0.5) is 0 Å². The third-order valence-corrected chi connectivity index (χ3v) is 4.72. The van der Waals surface area contributed by atoms with Crippen LogP contribution in [-0.4, -0.2) is 36.6 Å². The first-order valence-electron chi connectivity index (χ1n) is 9.13. The van der Waals surface area contributed by atoms with Crippen LogP contribution < -0.4 is 10.9 Å². The molecule has 0 unspecified atom stereocenters. The molecule has 0 aliphatic carbocycles. The fourth-order valence-electron chi connectivity index (χ4n) is 3.31. The van der Waals surface area contributed by atoms with Crippen LogP contribution >= 0.6 is 0 Å². The van der Waals surface area contributed by atoms with Crippen LogP contribution in [0.5, 0.6) is 0 Å². The van der Waals surface area contributed by atoms with Gasteiger partial charge in [-0.05, 0) is 24.3 Å². The highest BCUT2D eigenvalue weighted by Crippen LogP contribution is 2.23. The third kappa shape index (κ3) is 3.02. The first-order chi connectivity index (χ1) is 14.2. The summed E-state index contributed by atoms with van der Waals surface area (Å²) in [4.78, 5) is 29.3. The number of nitrogens with one attached hydrogen (secondary N) is 1. The zero-order valence-corrected chi connectivity index (χ0v) is 15.3. The number of furan rings is 1. The van der Waals surface area contributed by atoms with Crippen molar-refractivity contribution in [3.05, 3.63) is 71.2 Å². The molecule has 0 aliphatic rings. The molecular weight excluding hydrogens is 372 g/mol. The average Bonchev–Trinajstić information content (AvgIpc) is 3.32. The lowest BCUT2D eigenvalue weighted by Gasteiger charge is -2.06. The maximum atomic E-state index is 12.7. The van der Waals surface area contributed by atoms with Crippen LogP contribution in [-0.2, 0) is 17.8 Å². The summed E-state index contributed by atoms with van der Waals surface area (Å²) in [5.74, 6) is 0.460. The van der Waals surface area contributed by atoms with E-state index in [1.54, 1.807) is 6.07 Å². The molecule has 0 aliphatic heterocycles. The van der Waals surface area contributed by atoms with Crippen molar-refractivity contribution >= 4 is 33.6 Å². The molecular formula is C20H16N6O3. The highest BCUT2D eigenvalue weighted by Gasteiger charge is 2.14. The van der Waals surface area contributed by atoms with Crippen LogP contribution in [0.3, 0.4) is 0 Å². The molecule has 0 radical (unpaired) electrons. The van der Waals surface area contributed by atoms with Crippen molar-refractivity contribution < 1.29 is 9.21 Å². The van der Waals surface area contributed by atoms with Gasteiger partial charge in [0.2, 0.25) is 11.5 Å². The molecule has 1 N–H and O–H groups in total. The van der Waals surface area contributed by atoms with E-state index in [-0.39, 0.29) is 23.6 Å². The third-order valence-electron chi connectivity index (χ3n) is 4.72. The number of aromatic nitrogens is 5. The van der Waals surface area contributed by atoms with Crippen molar-refractivity contribution in [3.63, 3.8) is 0 Å². The Morgan fingerprint density at radius 1 is 1.10 bits per heavy atom. The lowest BCUT2D eigenvalue weighted by molar-refractivity contribution is -0.121. The summed E-state index contributed by atoms with van der Waals surface area (Å²) in [6, 6.07) is 13.0. The molecule has 29 heavy (non-hydrogen) atoms. The van der Waals surface area contributed by atoms with E-state index in [0.717, 1.165) is 16.9 Å². The fourth-order valence-corrected chi connectivity index (χ4v) is 3.31. The lowest BCUT2D eigenvalue weighted by atomic mass is 10.2. The molecule has 0 saturated carbocycles. The summed E-state index contributed by atoms with van der Waals surface area (Å²) in [6.45, 7) is 0.239. The number of hydrogen-bond acceptors (Lipinski definition) is 6. The highest BCUT2D eigenvalue weighted by atomic mass is 16.3. The largest absolute Gasteiger partial charge is 0.448 e. The Kier molecular flexibility index (Phi) is 4.05. The van der Waals surface area contributed by atoms with E-state index in [2.05, 4.69) is 20.5 Å². The van der Waals surface area contributed by atoms with Gasteiger partial charge in [-0.25, -0.2) is 4.98 Å².